The van der Waals surface area contributed by atoms with Gasteiger partial charge in [-0.3, -0.25) is 14.3 Å². The number of thioether (sulfide) groups is 1. The summed E-state index contributed by atoms with van der Waals surface area (Å²) in [5.74, 6) is 0.274. The van der Waals surface area contributed by atoms with Crippen LogP contribution in [0.15, 0.2) is 53.7 Å². The molecule has 1 N–H and O–H groups in total. The number of hydrogen-bond donors (Lipinski definition) is 1. The molecule has 11 heteroatoms. The molecular formula is C22H21ClF3N5OS. The number of para-hydroxylation sites is 1. The van der Waals surface area contributed by atoms with E-state index in [0.717, 1.165) is 49.6 Å². The van der Waals surface area contributed by atoms with Crippen molar-refractivity contribution < 1.29 is 18.0 Å². The minimum Gasteiger partial charge on any atom is -0.325 e. The van der Waals surface area contributed by atoms with Gasteiger partial charge < -0.3 is 5.32 Å². The van der Waals surface area contributed by atoms with Gasteiger partial charge in [-0.15, -0.1) is 10.2 Å². The van der Waals surface area contributed by atoms with Crippen molar-refractivity contribution in [2.45, 2.75) is 30.7 Å². The second kappa shape index (κ2) is 10.1. The molecule has 1 aliphatic heterocycles. The van der Waals surface area contributed by atoms with E-state index in [1.807, 2.05) is 34.9 Å². The van der Waals surface area contributed by atoms with E-state index in [9.17, 15) is 18.0 Å². The minimum absolute atomic E-state index is 0.0246. The van der Waals surface area contributed by atoms with E-state index < -0.39 is 22.7 Å². The molecule has 0 unspecified atom stereocenters. The van der Waals surface area contributed by atoms with Crippen molar-refractivity contribution in [2.24, 2.45) is 0 Å². The molecule has 33 heavy (non-hydrogen) atoms. The summed E-state index contributed by atoms with van der Waals surface area (Å²) in [6.45, 7) is 2.67. The Hall–Kier alpha value is -2.56. The molecule has 1 fully saturated rings. The lowest BCUT2D eigenvalue weighted by atomic mass is 10.2. The second-order valence-corrected chi connectivity index (χ2v) is 8.93. The number of halogens is 4. The van der Waals surface area contributed by atoms with E-state index in [4.69, 9.17) is 11.6 Å². The number of nitrogens with zero attached hydrogens (tertiary/aromatic N) is 4. The molecule has 3 aromatic rings. The second-order valence-electron chi connectivity index (χ2n) is 7.58. The van der Waals surface area contributed by atoms with Crippen LogP contribution in [0, 0.1) is 0 Å². The number of benzene rings is 2. The van der Waals surface area contributed by atoms with Crippen LogP contribution in [0.2, 0.25) is 5.02 Å². The number of amides is 1. The largest absolute Gasteiger partial charge is 0.417 e. The van der Waals surface area contributed by atoms with E-state index in [0.29, 0.717) is 11.7 Å². The fraction of sp³-hybridized carbons (Fsp3) is 0.318. The normalized spacial score (nSPS) is 14.5. The highest BCUT2D eigenvalue weighted by Crippen LogP contribution is 2.36. The number of hydrogen-bond acceptors (Lipinski definition) is 5. The summed E-state index contributed by atoms with van der Waals surface area (Å²) in [6, 6.07) is 12.9. The van der Waals surface area contributed by atoms with Crippen LogP contribution in [-0.2, 0) is 17.5 Å². The lowest BCUT2D eigenvalue weighted by Crippen LogP contribution is -2.21. The maximum absolute atomic E-state index is 13.1. The van der Waals surface area contributed by atoms with Gasteiger partial charge in [0.2, 0.25) is 5.91 Å². The van der Waals surface area contributed by atoms with Gasteiger partial charge in [-0.25, -0.2) is 0 Å². The van der Waals surface area contributed by atoms with Crippen molar-refractivity contribution in [3.8, 4) is 5.69 Å². The van der Waals surface area contributed by atoms with E-state index in [1.54, 1.807) is 0 Å². The third-order valence-electron chi connectivity index (χ3n) is 5.17. The molecule has 2 heterocycles. The molecule has 0 atom stereocenters. The summed E-state index contributed by atoms with van der Waals surface area (Å²) < 4.78 is 41.1. The fourth-order valence-electron chi connectivity index (χ4n) is 3.62. The Morgan fingerprint density at radius 1 is 1.09 bits per heavy atom. The van der Waals surface area contributed by atoms with Crippen LogP contribution in [0.1, 0.15) is 24.2 Å². The topological polar surface area (TPSA) is 63.1 Å². The molecule has 1 amide bonds. The summed E-state index contributed by atoms with van der Waals surface area (Å²) in [5.41, 5.74) is -0.0892. The molecule has 0 radical (unpaired) electrons. The molecule has 0 spiro atoms. The molecule has 0 bridgehead atoms. The number of likely N-dealkylation sites (tertiary alicyclic amines) is 1. The number of carbonyl (C=O) groups excluding carboxylic acids is 1. The standard InChI is InChI=1S/C22H21ClF3N5OS/c23-18-9-8-15(12-17(18)22(24,25)26)27-20(32)14-33-21-29-28-19(13-30-10-4-5-11-30)31(21)16-6-2-1-3-7-16/h1-3,6-9,12H,4-5,10-11,13-14H2,(H,27,32). The Balaban J connectivity index is 1.48. The van der Waals surface area contributed by atoms with Gasteiger partial charge in [0, 0.05) is 11.4 Å². The lowest BCUT2D eigenvalue weighted by Gasteiger charge is -2.16. The predicted octanol–water partition coefficient (Wildman–Crippen LogP) is 5.27. The quantitative estimate of drug-likeness (QED) is 0.453. The van der Waals surface area contributed by atoms with E-state index in [-0.39, 0.29) is 11.4 Å². The van der Waals surface area contributed by atoms with Gasteiger partial charge in [0.05, 0.1) is 22.9 Å². The van der Waals surface area contributed by atoms with Crippen LogP contribution in [0.25, 0.3) is 5.69 Å². The van der Waals surface area contributed by atoms with Gasteiger partial charge >= 0.3 is 6.18 Å². The Morgan fingerprint density at radius 3 is 2.52 bits per heavy atom. The monoisotopic (exact) mass is 495 g/mol. The zero-order valence-corrected chi connectivity index (χ0v) is 19.1. The van der Waals surface area contributed by atoms with Crippen molar-refractivity contribution in [2.75, 3.05) is 24.2 Å². The maximum atomic E-state index is 13.1. The number of rotatable bonds is 7. The Bertz CT molecular complexity index is 1120. The number of nitrogens with one attached hydrogen (secondary N) is 1. The maximum Gasteiger partial charge on any atom is 0.417 e. The van der Waals surface area contributed by atoms with Gasteiger partial charge in [-0.2, -0.15) is 13.2 Å². The molecule has 1 aromatic heterocycles. The van der Waals surface area contributed by atoms with Gasteiger partial charge in [0.25, 0.3) is 0 Å². The Morgan fingerprint density at radius 2 is 1.82 bits per heavy atom. The molecule has 6 nitrogen and oxygen atoms in total. The van der Waals surface area contributed by atoms with E-state index in [2.05, 4.69) is 20.4 Å². The molecule has 1 aliphatic rings. The van der Waals surface area contributed by atoms with Gasteiger partial charge in [-0.05, 0) is 56.3 Å². The summed E-state index contributed by atoms with van der Waals surface area (Å²) in [6.07, 6.45) is -2.30. The summed E-state index contributed by atoms with van der Waals surface area (Å²) >= 11 is 6.81. The SMILES string of the molecule is O=C(CSc1nnc(CN2CCCC2)n1-c1ccccc1)Nc1ccc(Cl)c(C(F)(F)F)c1. The van der Waals surface area contributed by atoms with Gasteiger partial charge in [-0.1, -0.05) is 41.6 Å². The molecule has 174 valence electrons. The zero-order valence-electron chi connectivity index (χ0n) is 17.5. The van der Waals surface area contributed by atoms with Crippen LogP contribution < -0.4 is 5.32 Å². The first-order chi connectivity index (χ1) is 15.8. The molecule has 2 aromatic carbocycles. The van der Waals surface area contributed by atoms with Gasteiger partial charge in [0.15, 0.2) is 11.0 Å². The third-order valence-corrected chi connectivity index (χ3v) is 6.42. The summed E-state index contributed by atoms with van der Waals surface area (Å²) in [7, 11) is 0. The summed E-state index contributed by atoms with van der Waals surface area (Å²) in [4.78, 5) is 14.8. The first-order valence-electron chi connectivity index (χ1n) is 10.3. The molecular weight excluding hydrogens is 475 g/mol. The average molecular weight is 496 g/mol. The van der Waals surface area contributed by atoms with Crippen molar-refractivity contribution >= 4 is 35.0 Å². The highest BCUT2D eigenvalue weighted by atomic mass is 35.5. The van der Waals surface area contributed by atoms with E-state index in [1.165, 1.54) is 17.8 Å². The number of anilines is 1. The van der Waals surface area contributed by atoms with Crippen LogP contribution in [0.3, 0.4) is 0 Å². The van der Waals surface area contributed by atoms with Crippen LogP contribution in [0.5, 0.6) is 0 Å². The third kappa shape index (κ3) is 5.87. The highest BCUT2D eigenvalue weighted by Gasteiger charge is 2.33. The number of carbonyl (C=O) groups is 1. The van der Waals surface area contributed by atoms with E-state index >= 15 is 0 Å². The van der Waals surface area contributed by atoms with Crippen LogP contribution >= 0.6 is 23.4 Å². The number of aromatic nitrogens is 3. The van der Waals surface area contributed by atoms with Crippen LogP contribution in [0.4, 0.5) is 18.9 Å². The van der Waals surface area contributed by atoms with Gasteiger partial charge in [0.1, 0.15) is 0 Å². The van der Waals surface area contributed by atoms with Crippen molar-refractivity contribution in [1.82, 2.24) is 19.7 Å². The fourth-order valence-corrected chi connectivity index (χ4v) is 4.62. The summed E-state index contributed by atoms with van der Waals surface area (Å²) in [5, 5.41) is 11.2. The van der Waals surface area contributed by atoms with Crippen molar-refractivity contribution in [3.63, 3.8) is 0 Å². The zero-order chi connectivity index (χ0) is 23.4. The Kier molecular flexibility index (Phi) is 7.26. The van der Waals surface area contributed by atoms with Crippen molar-refractivity contribution in [3.05, 3.63) is 64.9 Å². The first-order valence-corrected chi connectivity index (χ1v) is 11.7. The lowest BCUT2D eigenvalue weighted by molar-refractivity contribution is -0.137. The van der Waals surface area contributed by atoms with Crippen molar-refractivity contribution in [1.29, 1.82) is 0 Å². The predicted molar refractivity (Wildman–Crippen MR) is 122 cm³/mol. The van der Waals surface area contributed by atoms with Crippen LogP contribution in [-0.4, -0.2) is 44.4 Å². The molecule has 1 saturated heterocycles. The first kappa shape index (κ1) is 23.6. The number of alkyl halides is 3. The molecule has 0 aliphatic carbocycles. The highest BCUT2D eigenvalue weighted by molar-refractivity contribution is 7.99. The molecule has 4 rings (SSSR count). The average Bonchev–Trinajstić information content (AvgIpc) is 3.44. The minimum atomic E-state index is -4.61. The smallest absolute Gasteiger partial charge is 0.325 e. The Labute approximate surface area is 198 Å². The molecule has 0 saturated carbocycles.